The first-order valence-corrected chi connectivity index (χ1v) is 10.6. The van der Waals surface area contributed by atoms with E-state index < -0.39 is 0 Å². The van der Waals surface area contributed by atoms with Gasteiger partial charge in [-0.1, -0.05) is 74.0 Å². The van der Waals surface area contributed by atoms with Crippen LogP contribution in [-0.4, -0.2) is 29.8 Å². The second-order valence-electron chi connectivity index (χ2n) is 7.15. The molecule has 0 saturated heterocycles. The first-order chi connectivity index (χ1) is 14.7. The van der Waals surface area contributed by atoms with E-state index in [2.05, 4.69) is 66.9 Å². The number of unbranched alkanes of at least 4 members (excludes halogenated alkanes) is 1. The van der Waals surface area contributed by atoms with Crippen LogP contribution in [0.15, 0.2) is 65.7 Å². The summed E-state index contributed by atoms with van der Waals surface area (Å²) in [5, 5.41) is 0. The van der Waals surface area contributed by atoms with Crippen LogP contribution in [0.5, 0.6) is 6.01 Å². The van der Waals surface area contributed by atoms with E-state index in [-0.39, 0.29) is 0 Å². The van der Waals surface area contributed by atoms with E-state index in [1.165, 1.54) is 5.56 Å². The number of hydrogen-bond donors (Lipinski definition) is 0. The van der Waals surface area contributed by atoms with Gasteiger partial charge in [0.25, 0.3) is 0 Å². The smallest absolute Gasteiger partial charge is 0.318 e. The lowest BCUT2D eigenvalue weighted by Gasteiger charge is -2.25. The number of anilines is 1. The van der Waals surface area contributed by atoms with Crippen LogP contribution in [0.25, 0.3) is 0 Å². The van der Waals surface area contributed by atoms with Crippen molar-refractivity contribution in [1.29, 1.82) is 0 Å². The highest BCUT2D eigenvalue weighted by molar-refractivity contribution is 5.68. The molecule has 5 nitrogen and oxygen atoms in total. The number of nitrogens with zero attached hydrogens (tertiary/aromatic N) is 4. The number of hydrogen-bond acceptors (Lipinski definition) is 5. The van der Waals surface area contributed by atoms with Gasteiger partial charge in [-0.15, -0.1) is 0 Å². The average Bonchev–Trinajstić information content (AvgIpc) is 2.79. The molecule has 30 heavy (non-hydrogen) atoms. The molecule has 0 atom stereocenters. The van der Waals surface area contributed by atoms with Crippen molar-refractivity contribution in [3.05, 3.63) is 77.5 Å². The molecule has 0 amide bonds. The maximum Gasteiger partial charge on any atom is 0.318 e. The van der Waals surface area contributed by atoms with Crippen LogP contribution in [0, 0.1) is 0 Å². The normalized spacial score (nSPS) is 10.6. The minimum absolute atomic E-state index is 0.406. The van der Waals surface area contributed by atoms with Gasteiger partial charge >= 0.3 is 6.01 Å². The van der Waals surface area contributed by atoms with Crippen LogP contribution in [0.4, 0.5) is 11.5 Å². The fraction of sp³-hybridized carbons (Fsp3) is 0.320. The van der Waals surface area contributed by atoms with Crippen molar-refractivity contribution in [1.82, 2.24) is 9.97 Å². The summed E-state index contributed by atoms with van der Waals surface area (Å²) in [5.41, 5.74) is 3.93. The van der Waals surface area contributed by atoms with Crippen LogP contribution in [0.3, 0.4) is 0 Å². The lowest BCUT2D eigenvalue weighted by Crippen LogP contribution is -2.24. The molecule has 0 fully saturated rings. The van der Waals surface area contributed by atoms with Crippen molar-refractivity contribution in [2.75, 3.05) is 18.1 Å². The van der Waals surface area contributed by atoms with Gasteiger partial charge in [-0.3, -0.25) is 4.99 Å². The molecular formula is C25H30N4O. The maximum atomic E-state index is 5.90. The van der Waals surface area contributed by atoms with Crippen molar-refractivity contribution >= 4 is 18.2 Å². The zero-order valence-corrected chi connectivity index (χ0v) is 17.9. The van der Waals surface area contributed by atoms with Gasteiger partial charge in [0.2, 0.25) is 0 Å². The molecule has 0 N–H and O–H groups in total. The molecule has 2 aromatic carbocycles. The standard InChI is InChI=1S/C25H30N4O/c1-4-6-17-30-25-27-22(18-20-13-9-7-10-14-20)23(26-3)24(28-25)29(5-2)19-21-15-11-8-12-16-21/h7-16H,3-6,17-19H2,1-2H3. The number of aliphatic imine (C=N–C) groups is 1. The van der Waals surface area contributed by atoms with Crippen molar-refractivity contribution < 1.29 is 4.74 Å². The molecule has 0 aliphatic carbocycles. The molecule has 3 aromatic rings. The van der Waals surface area contributed by atoms with Gasteiger partial charge in [0.05, 0.1) is 12.3 Å². The number of benzene rings is 2. The fourth-order valence-corrected chi connectivity index (χ4v) is 3.27. The molecule has 3 rings (SSSR count). The van der Waals surface area contributed by atoms with Crippen LogP contribution in [-0.2, 0) is 13.0 Å². The Balaban J connectivity index is 2.00. The predicted molar refractivity (Wildman–Crippen MR) is 124 cm³/mol. The Hall–Kier alpha value is -3.21. The Kier molecular flexibility index (Phi) is 7.95. The van der Waals surface area contributed by atoms with E-state index in [0.29, 0.717) is 19.0 Å². The molecule has 0 bridgehead atoms. The topological polar surface area (TPSA) is 50.6 Å². The Morgan fingerprint density at radius 2 is 1.60 bits per heavy atom. The monoisotopic (exact) mass is 402 g/mol. The van der Waals surface area contributed by atoms with E-state index in [1.54, 1.807) is 0 Å². The van der Waals surface area contributed by atoms with Gasteiger partial charge in [0.15, 0.2) is 5.82 Å². The van der Waals surface area contributed by atoms with Gasteiger partial charge in [-0.2, -0.15) is 9.97 Å². The van der Waals surface area contributed by atoms with Crippen molar-refractivity contribution in [3.8, 4) is 6.01 Å². The zero-order valence-electron chi connectivity index (χ0n) is 17.9. The van der Waals surface area contributed by atoms with E-state index in [9.17, 15) is 0 Å². The lowest BCUT2D eigenvalue weighted by molar-refractivity contribution is 0.284. The van der Waals surface area contributed by atoms with E-state index in [4.69, 9.17) is 14.7 Å². The van der Waals surface area contributed by atoms with E-state index >= 15 is 0 Å². The summed E-state index contributed by atoms with van der Waals surface area (Å²) in [6.07, 6.45) is 2.68. The summed E-state index contributed by atoms with van der Waals surface area (Å²) in [6.45, 7) is 10.2. The third-order valence-electron chi connectivity index (χ3n) is 4.92. The Morgan fingerprint density at radius 1 is 0.933 bits per heavy atom. The molecule has 0 spiro atoms. The quantitative estimate of drug-likeness (QED) is 0.309. The number of aromatic nitrogens is 2. The summed E-state index contributed by atoms with van der Waals surface area (Å²) < 4.78 is 5.90. The fourth-order valence-electron chi connectivity index (χ4n) is 3.27. The molecule has 0 unspecified atom stereocenters. The van der Waals surface area contributed by atoms with Crippen LogP contribution in [0.2, 0.25) is 0 Å². The maximum absolute atomic E-state index is 5.90. The van der Waals surface area contributed by atoms with Gasteiger partial charge in [0, 0.05) is 19.5 Å². The van der Waals surface area contributed by atoms with E-state index in [1.807, 2.05) is 24.3 Å². The van der Waals surface area contributed by atoms with Gasteiger partial charge in [-0.05, 0) is 31.2 Å². The Bertz CT molecular complexity index is 929. The molecule has 0 saturated carbocycles. The molecule has 0 radical (unpaired) electrons. The summed E-state index contributed by atoms with van der Waals surface area (Å²) in [4.78, 5) is 16.0. The van der Waals surface area contributed by atoms with E-state index in [0.717, 1.165) is 48.7 Å². The van der Waals surface area contributed by atoms with Crippen molar-refractivity contribution in [2.45, 2.75) is 39.7 Å². The first kappa shape index (κ1) is 21.5. The predicted octanol–water partition coefficient (Wildman–Crippen LogP) is 5.60. The second kappa shape index (κ2) is 11.1. The largest absolute Gasteiger partial charge is 0.463 e. The zero-order chi connectivity index (χ0) is 21.2. The summed E-state index contributed by atoms with van der Waals surface area (Å²) >= 11 is 0. The minimum Gasteiger partial charge on any atom is -0.463 e. The number of rotatable bonds is 11. The van der Waals surface area contributed by atoms with Gasteiger partial charge in [0.1, 0.15) is 5.69 Å². The van der Waals surface area contributed by atoms with Crippen LogP contribution in [0.1, 0.15) is 43.5 Å². The van der Waals surface area contributed by atoms with Gasteiger partial charge in [-0.25, -0.2) is 0 Å². The highest BCUT2D eigenvalue weighted by Gasteiger charge is 2.19. The highest BCUT2D eigenvalue weighted by atomic mass is 16.5. The summed E-state index contributed by atoms with van der Waals surface area (Å²) in [6, 6.07) is 21.0. The minimum atomic E-state index is 0.406. The number of ether oxygens (including phenoxy) is 1. The molecular weight excluding hydrogens is 372 g/mol. The van der Waals surface area contributed by atoms with Crippen molar-refractivity contribution in [3.63, 3.8) is 0 Å². The molecule has 156 valence electrons. The van der Waals surface area contributed by atoms with Crippen LogP contribution < -0.4 is 9.64 Å². The van der Waals surface area contributed by atoms with Crippen LogP contribution >= 0.6 is 0 Å². The molecule has 0 aliphatic heterocycles. The summed E-state index contributed by atoms with van der Waals surface area (Å²) in [5.74, 6) is 0.767. The molecule has 1 heterocycles. The first-order valence-electron chi connectivity index (χ1n) is 10.6. The summed E-state index contributed by atoms with van der Waals surface area (Å²) in [7, 11) is 0. The third kappa shape index (κ3) is 5.66. The Labute approximate surface area is 179 Å². The van der Waals surface area contributed by atoms with Crippen molar-refractivity contribution in [2.24, 2.45) is 4.99 Å². The molecule has 1 aromatic heterocycles. The SMILES string of the molecule is C=Nc1c(Cc2ccccc2)nc(OCCCC)nc1N(CC)Cc1ccccc1. The third-order valence-corrected chi connectivity index (χ3v) is 4.92. The highest BCUT2D eigenvalue weighted by Crippen LogP contribution is 2.33. The second-order valence-corrected chi connectivity index (χ2v) is 7.15. The van der Waals surface area contributed by atoms with Gasteiger partial charge < -0.3 is 9.64 Å². The average molecular weight is 403 g/mol. The Morgan fingerprint density at radius 3 is 2.20 bits per heavy atom. The molecule has 5 heteroatoms. The lowest BCUT2D eigenvalue weighted by atomic mass is 10.1. The molecule has 0 aliphatic rings.